The number of carbonyl (C=O) groups is 2. The van der Waals surface area contributed by atoms with Crippen molar-refractivity contribution in [1.29, 1.82) is 0 Å². The Hall–Kier alpha value is -2.57. The number of imidazole rings is 1. The molecule has 0 aliphatic heterocycles. The summed E-state index contributed by atoms with van der Waals surface area (Å²) in [6, 6.07) is 11.5. The largest absolute Gasteiger partial charge is 0.347 e. The number of aromatic amines is 1. The molecule has 146 valence electrons. The Morgan fingerprint density at radius 1 is 1.14 bits per heavy atom. The highest BCUT2D eigenvalue weighted by molar-refractivity contribution is 6.36. The number of rotatable bonds is 6. The van der Waals surface area contributed by atoms with Crippen LogP contribution in [0.25, 0.3) is 11.0 Å². The fourth-order valence-electron chi connectivity index (χ4n) is 2.80. The van der Waals surface area contributed by atoms with Crippen LogP contribution >= 0.6 is 23.2 Å². The molecule has 6 nitrogen and oxygen atoms in total. The number of benzene rings is 2. The van der Waals surface area contributed by atoms with Gasteiger partial charge in [-0.1, -0.05) is 49.2 Å². The first-order valence-corrected chi connectivity index (χ1v) is 9.58. The van der Waals surface area contributed by atoms with Gasteiger partial charge >= 0.3 is 0 Å². The molecule has 1 aromatic heterocycles. The standard InChI is InChI=1S/C20H20Cl2N4O2/c1-11(2)18(26-19(27)13-8-7-12(21)9-14(13)22)20(28)23-10-17-24-15-5-3-4-6-16(15)25-17/h3-9,11,18H,10H2,1-2H3,(H,23,28)(H,24,25)(H,26,27). The molecule has 1 unspecified atom stereocenters. The van der Waals surface area contributed by atoms with Crippen LogP contribution in [-0.2, 0) is 11.3 Å². The number of para-hydroxylation sites is 2. The summed E-state index contributed by atoms with van der Waals surface area (Å²) in [5.41, 5.74) is 2.00. The van der Waals surface area contributed by atoms with Gasteiger partial charge in [0.25, 0.3) is 5.91 Å². The molecule has 3 rings (SSSR count). The van der Waals surface area contributed by atoms with Crippen molar-refractivity contribution in [3.05, 3.63) is 63.9 Å². The number of aromatic nitrogens is 2. The van der Waals surface area contributed by atoms with Crippen LogP contribution in [0.1, 0.15) is 30.0 Å². The zero-order chi connectivity index (χ0) is 20.3. The van der Waals surface area contributed by atoms with Crippen molar-refractivity contribution in [3.8, 4) is 0 Å². The third-order valence-electron chi connectivity index (χ3n) is 4.28. The third kappa shape index (κ3) is 4.64. The van der Waals surface area contributed by atoms with Gasteiger partial charge in [-0.2, -0.15) is 0 Å². The predicted octanol–water partition coefficient (Wildman–Crippen LogP) is 3.94. The van der Waals surface area contributed by atoms with Crippen LogP contribution in [0.5, 0.6) is 0 Å². The van der Waals surface area contributed by atoms with Crippen LogP contribution in [-0.4, -0.2) is 27.8 Å². The summed E-state index contributed by atoms with van der Waals surface area (Å²) >= 11 is 12.0. The molecule has 0 saturated carbocycles. The maximum absolute atomic E-state index is 12.7. The van der Waals surface area contributed by atoms with E-state index >= 15 is 0 Å². The van der Waals surface area contributed by atoms with Gasteiger partial charge in [0.1, 0.15) is 11.9 Å². The predicted molar refractivity (Wildman–Crippen MR) is 110 cm³/mol. The van der Waals surface area contributed by atoms with Crippen LogP contribution in [0.15, 0.2) is 42.5 Å². The lowest BCUT2D eigenvalue weighted by Crippen LogP contribution is -2.49. The van der Waals surface area contributed by atoms with Gasteiger partial charge in [0, 0.05) is 5.02 Å². The smallest absolute Gasteiger partial charge is 0.253 e. The zero-order valence-corrected chi connectivity index (χ0v) is 16.9. The number of nitrogens with one attached hydrogen (secondary N) is 3. The van der Waals surface area contributed by atoms with Crippen LogP contribution in [0.3, 0.4) is 0 Å². The Bertz CT molecular complexity index is 983. The molecule has 2 aromatic carbocycles. The highest BCUT2D eigenvalue weighted by Crippen LogP contribution is 2.21. The second-order valence-electron chi connectivity index (χ2n) is 6.74. The van der Waals surface area contributed by atoms with E-state index in [-0.39, 0.29) is 29.0 Å². The number of carbonyl (C=O) groups excluding carboxylic acids is 2. The molecule has 28 heavy (non-hydrogen) atoms. The number of halogens is 2. The SMILES string of the molecule is CC(C)C(NC(=O)c1ccc(Cl)cc1Cl)C(=O)NCc1nc2ccccc2[nH]1. The number of nitrogens with zero attached hydrogens (tertiary/aromatic N) is 1. The highest BCUT2D eigenvalue weighted by Gasteiger charge is 2.25. The van der Waals surface area contributed by atoms with Gasteiger partial charge < -0.3 is 15.6 Å². The maximum Gasteiger partial charge on any atom is 0.253 e. The minimum absolute atomic E-state index is 0.120. The van der Waals surface area contributed by atoms with Crippen molar-refractivity contribution in [2.45, 2.75) is 26.4 Å². The lowest BCUT2D eigenvalue weighted by molar-refractivity contribution is -0.124. The summed E-state index contributed by atoms with van der Waals surface area (Å²) in [6.45, 7) is 3.94. The van der Waals surface area contributed by atoms with Gasteiger partial charge in [0.15, 0.2) is 0 Å². The molecular formula is C20H20Cl2N4O2. The molecule has 2 amide bonds. The molecule has 8 heteroatoms. The average Bonchev–Trinajstić information content (AvgIpc) is 3.06. The quantitative estimate of drug-likeness (QED) is 0.566. The third-order valence-corrected chi connectivity index (χ3v) is 4.83. The molecule has 1 heterocycles. The van der Waals surface area contributed by atoms with E-state index in [0.29, 0.717) is 10.8 Å². The molecule has 0 fully saturated rings. The molecule has 0 bridgehead atoms. The number of H-pyrrole nitrogens is 1. The van der Waals surface area contributed by atoms with E-state index in [0.717, 1.165) is 11.0 Å². The fraction of sp³-hybridized carbons (Fsp3) is 0.250. The first kappa shape index (κ1) is 20.2. The topological polar surface area (TPSA) is 86.9 Å². The molecule has 0 aliphatic carbocycles. The molecule has 0 radical (unpaired) electrons. The number of hydrogen-bond donors (Lipinski definition) is 3. The molecular weight excluding hydrogens is 399 g/mol. The van der Waals surface area contributed by atoms with E-state index in [1.807, 2.05) is 38.1 Å². The van der Waals surface area contributed by atoms with E-state index < -0.39 is 11.9 Å². The van der Waals surface area contributed by atoms with Crippen molar-refractivity contribution < 1.29 is 9.59 Å². The summed E-state index contributed by atoms with van der Waals surface area (Å²) in [6.07, 6.45) is 0. The Morgan fingerprint density at radius 2 is 1.89 bits per heavy atom. The fourth-order valence-corrected chi connectivity index (χ4v) is 3.29. The molecule has 0 spiro atoms. The van der Waals surface area contributed by atoms with Gasteiger partial charge in [-0.05, 0) is 36.2 Å². The lowest BCUT2D eigenvalue weighted by Gasteiger charge is -2.21. The average molecular weight is 419 g/mol. The first-order valence-electron chi connectivity index (χ1n) is 8.82. The van der Waals surface area contributed by atoms with E-state index in [1.54, 1.807) is 6.07 Å². The van der Waals surface area contributed by atoms with Gasteiger partial charge in [0.05, 0.1) is 28.2 Å². The van der Waals surface area contributed by atoms with Gasteiger partial charge in [-0.15, -0.1) is 0 Å². The second kappa shape index (κ2) is 8.63. The Kier molecular flexibility index (Phi) is 6.21. The lowest BCUT2D eigenvalue weighted by atomic mass is 10.0. The number of fused-ring (bicyclic) bond motifs is 1. The molecule has 0 saturated heterocycles. The summed E-state index contributed by atoms with van der Waals surface area (Å²) in [5, 5.41) is 6.23. The number of amides is 2. The van der Waals surface area contributed by atoms with E-state index in [9.17, 15) is 9.59 Å². The highest BCUT2D eigenvalue weighted by atomic mass is 35.5. The van der Waals surface area contributed by atoms with E-state index in [4.69, 9.17) is 23.2 Å². The molecule has 3 N–H and O–H groups in total. The van der Waals surface area contributed by atoms with Crippen LogP contribution in [0.2, 0.25) is 10.0 Å². The minimum atomic E-state index is -0.719. The van der Waals surface area contributed by atoms with E-state index in [1.165, 1.54) is 12.1 Å². The first-order chi connectivity index (χ1) is 13.3. The van der Waals surface area contributed by atoms with Crippen LogP contribution in [0.4, 0.5) is 0 Å². The monoisotopic (exact) mass is 418 g/mol. The number of hydrogen-bond acceptors (Lipinski definition) is 3. The summed E-state index contributed by atoms with van der Waals surface area (Å²) in [5.74, 6) is -0.206. The van der Waals surface area contributed by atoms with E-state index in [2.05, 4.69) is 20.6 Å². The Balaban J connectivity index is 1.67. The Morgan fingerprint density at radius 3 is 2.57 bits per heavy atom. The van der Waals surface area contributed by atoms with Gasteiger partial charge in [-0.3, -0.25) is 9.59 Å². The van der Waals surface area contributed by atoms with Crippen molar-refractivity contribution >= 4 is 46.0 Å². The van der Waals surface area contributed by atoms with Crippen molar-refractivity contribution in [2.24, 2.45) is 5.92 Å². The van der Waals surface area contributed by atoms with Crippen LogP contribution < -0.4 is 10.6 Å². The molecule has 1 atom stereocenters. The maximum atomic E-state index is 12.7. The Labute approximate surface area is 172 Å². The summed E-state index contributed by atoms with van der Waals surface area (Å²) in [4.78, 5) is 32.8. The van der Waals surface area contributed by atoms with Crippen molar-refractivity contribution in [3.63, 3.8) is 0 Å². The normalized spacial score (nSPS) is 12.2. The van der Waals surface area contributed by atoms with Crippen molar-refractivity contribution in [2.75, 3.05) is 0 Å². The molecule has 0 aliphatic rings. The molecule has 3 aromatic rings. The minimum Gasteiger partial charge on any atom is -0.347 e. The van der Waals surface area contributed by atoms with Crippen molar-refractivity contribution in [1.82, 2.24) is 20.6 Å². The van der Waals surface area contributed by atoms with Gasteiger partial charge in [-0.25, -0.2) is 4.98 Å². The van der Waals surface area contributed by atoms with Crippen LogP contribution in [0, 0.1) is 5.92 Å². The summed E-state index contributed by atoms with van der Waals surface area (Å²) < 4.78 is 0. The summed E-state index contributed by atoms with van der Waals surface area (Å²) in [7, 11) is 0. The zero-order valence-electron chi connectivity index (χ0n) is 15.4. The second-order valence-corrected chi connectivity index (χ2v) is 7.58. The van der Waals surface area contributed by atoms with Gasteiger partial charge in [0.2, 0.25) is 5.91 Å².